The fourth-order valence-electron chi connectivity index (χ4n) is 1.54. The average molecular weight is 244 g/mol. The number of aliphatic carboxylic acids is 1. The van der Waals surface area contributed by atoms with Crippen LogP contribution in [0.5, 0.6) is 0 Å². The molecule has 0 aliphatic carbocycles. The summed E-state index contributed by atoms with van der Waals surface area (Å²) in [7, 11) is 3.88. The Balaban J connectivity index is 3.44. The third-order valence-corrected chi connectivity index (χ3v) is 2.54. The van der Waals surface area contributed by atoms with Crippen molar-refractivity contribution >= 4 is 5.97 Å². The maximum atomic E-state index is 10.6. The van der Waals surface area contributed by atoms with Crippen molar-refractivity contribution in [3.8, 4) is 0 Å². The largest absolute Gasteiger partial charge is 0.477 e. The van der Waals surface area contributed by atoms with Crippen LogP contribution in [0, 0.1) is 0 Å². The standard InChI is InChI=1S/C13H25NO3/c1-12(2)7-10-17-9-6-5-8-14(3,4)11-13(15)16/h1,5-11H2,2-4H3/p+1. The minimum Gasteiger partial charge on any atom is -0.477 e. The molecule has 0 aliphatic rings. The third kappa shape index (κ3) is 11.4. The minimum absolute atomic E-state index is 0.177. The van der Waals surface area contributed by atoms with Gasteiger partial charge in [0.05, 0.1) is 27.2 Å². The second-order valence-corrected chi connectivity index (χ2v) is 5.24. The Kier molecular flexibility index (Phi) is 7.83. The van der Waals surface area contributed by atoms with E-state index in [1.165, 1.54) is 0 Å². The van der Waals surface area contributed by atoms with Crippen LogP contribution in [0.1, 0.15) is 26.2 Å². The lowest BCUT2D eigenvalue weighted by molar-refractivity contribution is -0.883. The summed E-state index contributed by atoms with van der Waals surface area (Å²) in [5.41, 5.74) is 1.14. The molecule has 0 unspecified atom stereocenters. The number of unbranched alkanes of at least 4 members (excludes halogenated alkanes) is 1. The molecule has 0 radical (unpaired) electrons. The quantitative estimate of drug-likeness (QED) is 0.363. The van der Waals surface area contributed by atoms with Crippen molar-refractivity contribution in [3.63, 3.8) is 0 Å². The van der Waals surface area contributed by atoms with Gasteiger partial charge in [-0.05, 0) is 26.2 Å². The van der Waals surface area contributed by atoms with E-state index in [2.05, 4.69) is 6.58 Å². The van der Waals surface area contributed by atoms with E-state index in [1.54, 1.807) is 0 Å². The van der Waals surface area contributed by atoms with E-state index < -0.39 is 5.97 Å². The van der Waals surface area contributed by atoms with Crippen LogP contribution >= 0.6 is 0 Å². The summed E-state index contributed by atoms with van der Waals surface area (Å²) in [4.78, 5) is 10.6. The maximum absolute atomic E-state index is 10.6. The van der Waals surface area contributed by atoms with Crippen LogP contribution < -0.4 is 0 Å². The monoisotopic (exact) mass is 244 g/mol. The number of carbonyl (C=O) groups is 1. The van der Waals surface area contributed by atoms with Crippen LogP contribution in [-0.4, -0.2) is 56.0 Å². The summed E-state index contributed by atoms with van der Waals surface area (Å²) in [5.74, 6) is -0.743. The summed E-state index contributed by atoms with van der Waals surface area (Å²) in [5, 5.41) is 8.73. The summed E-state index contributed by atoms with van der Waals surface area (Å²) >= 11 is 0. The fourth-order valence-corrected chi connectivity index (χ4v) is 1.54. The Morgan fingerprint density at radius 3 is 2.47 bits per heavy atom. The van der Waals surface area contributed by atoms with Crippen molar-refractivity contribution in [2.75, 3.05) is 40.4 Å². The zero-order valence-corrected chi connectivity index (χ0v) is 11.4. The van der Waals surface area contributed by atoms with Crippen molar-refractivity contribution in [3.05, 3.63) is 12.2 Å². The van der Waals surface area contributed by atoms with Gasteiger partial charge in [0.2, 0.25) is 0 Å². The molecule has 0 aromatic rings. The molecule has 4 heteroatoms. The van der Waals surface area contributed by atoms with Gasteiger partial charge in [-0.3, -0.25) is 0 Å². The Labute approximate surface area is 104 Å². The first kappa shape index (κ1) is 16.1. The fraction of sp³-hybridized carbons (Fsp3) is 0.769. The Bertz CT molecular complexity index is 249. The molecule has 0 saturated carbocycles. The highest BCUT2D eigenvalue weighted by molar-refractivity contribution is 5.67. The number of ether oxygens (including phenoxy) is 1. The summed E-state index contributed by atoms with van der Waals surface area (Å²) in [6, 6.07) is 0. The molecule has 0 saturated heterocycles. The molecule has 0 atom stereocenters. The zero-order valence-electron chi connectivity index (χ0n) is 11.4. The first-order valence-electron chi connectivity index (χ1n) is 6.09. The molecule has 0 aromatic carbocycles. The van der Waals surface area contributed by atoms with Gasteiger partial charge < -0.3 is 14.3 Å². The second-order valence-electron chi connectivity index (χ2n) is 5.24. The van der Waals surface area contributed by atoms with Crippen molar-refractivity contribution in [1.82, 2.24) is 0 Å². The van der Waals surface area contributed by atoms with Gasteiger partial charge in [-0.2, -0.15) is 0 Å². The number of nitrogens with zero attached hydrogens (tertiary/aromatic N) is 1. The summed E-state index contributed by atoms with van der Waals surface area (Å²) < 4.78 is 5.99. The minimum atomic E-state index is -0.743. The number of carboxylic acids is 1. The number of carboxylic acid groups (broad SMARTS) is 1. The molecular formula is C13H26NO3+. The van der Waals surface area contributed by atoms with Crippen molar-refractivity contribution in [2.45, 2.75) is 26.2 Å². The van der Waals surface area contributed by atoms with Gasteiger partial charge in [0.25, 0.3) is 0 Å². The molecule has 0 rings (SSSR count). The highest BCUT2D eigenvalue weighted by Gasteiger charge is 2.18. The molecule has 4 nitrogen and oxygen atoms in total. The molecule has 0 aliphatic heterocycles. The highest BCUT2D eigenvalue weighted by atomic mass is 16.5. The third-order valence-electron chi connectivity index (χ3n) is 2.54. The molecule has 0 heterocycles. The molecule has 0 amide bonds. The smallest absolute Gasteiger partial charge is 0.359 e. The van der Waals surface area contributed by atoms with Gasteiger partial charge in [0.1, 0.15) is 0 Å². The molecular weight excluding hydrogens is 218 g/mol. The average Bonchev–Trinajstić information content (AvgIpc) is 2.13. The molecule has 100 valence electrons. The predicted molar refractivity (Wildman–Crippen MR) is 69.0 cm³/mol. The van der Waals surface area contributed by atoms with Crippen LogP contribution in [0.2, 0.25) is 0 Å². The van der Waals surface area contributed by atoms with Gasteiger partial charge in [-0.25, -0.2) is 4.79 Å². The van der Waals surface area contributed by atoms with Gasteiger partial charge in [0.15, 0.2) is 6.54 Å². The number of rotatable bonds is 10. The highest BCUT2D eigenvalue weighted by Crippen LogP contribution is 2.02. The van der Waals surface area contributed by atoms with Crippen LogP contribution in [0.4, 0.5) is 0 Å². The molecule has 0 bridgehead atoms. The van der Waals surface area contributed by atoms with Gasteiger partial charge in [-0.1, -0.05) is 5.57 Å². The van der Waals surface area contributed by atoms with Crippen molar-refractivity contribution in [2.24, 2.45) is 0 Å². The van der Waals surface area contributed by atoms with Gasteiger partial charge >= 0.3 is 5.97 Å². The lowest BCUT2D eigenvalue weighted by Crippen LogP contribution is -2.44. The van der Waals surface area contributed by atoms with Crippen LogP contribution in [0.3, 0.4) is 0 Å². The number of likely N-dealkylation sites (N-methyl/N-ethyl adjacent to an activating group) is 1. The zero-order chi connectivity index (χ0) is 13.3. The van der Waals surface area contributed by atoms with Crippen LogP contribution in [0.15, 0.2) is 12.2 Å². The van der Waals surface area contributed by atoms with Gasteiger partial charge in [-0.15, -0.1) is 6.58 Å². The van der Waals surface area contributed by atoms with E-state index in [4.69, 9.17) is 9.84 Å². The molecule has 17 heavy (non-hydrogen) atoms. The van der Waals surface area contributed by atoms with E-state index in [0.717, 1.165) is 44.6 Å². The van der Waals surface area contributed by atoms with Crippen molar-refractivity contribution < 1.29 is 19.1 Å². The SMILES string of the molecule is C=C(C)CCOCCCC[N+](C)(C)CC(=O)O. The second kappa shape index (κ2) is 8.25. The summed E-state index contributed by atoms with van der Waals surface area (Å²) in [6.45, 7) is 8.34. The number of hydrogen-bond acceptors (Lipinski definition) is 2. The predicted octanol–water partition coefficient (Wildman–Crippen LogP) is 1.91. The molecule has 1 N–H and O–H groups in total. The van der Waals surface area contributed by atoms with Gasteiger partial charge in [0, 0.05) is 6.61 Å². The molecule has 0 fully saturated rings. The van der Waals surface area contributed by atoms with Crippen LogP contribution in [-0.2, 0) is 9.53 Å². The lowest BCUT2D eigenvalue weighted by atomic mass is 10.2. The normalized spacial score (nSPS) is 11.5. The number of hydrogen-bond donors (Lipinski definition) is 1. The summed E-state index contributed by atoms with van der Waals surface area (Å²) in [6.07, 6.45) is 2.89. The van der Waals surface area contributed by atoms with E-state index in [0.29, 0.717) is 4.48 Å². The first-order chi connectivity index (χ1) is 7.83. The lowest BCUT2D eigenvalue weighted by Gasteiger charge is -2.27. The topological polar surface area (TPSA) is 46.5 Å². The molecule has 0 spiro atoms. The number of quaternary nitrogens is 1. The Morgan fingerprint density at radius 1 is 1.29 bits per heavy atom. The Morgan fingerprint density at radius 2 is 1.94 bits per heavy atom. The Hall–Kier alpha value is -0.870. The maximum Gasteiger partial charge on any atom is 0.359 e. The van der Waals surface area contributed by atoms with E-state index in [-0.39, 0.29) is 6.54 Å². The van der Waals surface area contributed by atoms with E-state index in [1.807, 2.05) is 21.0 Å². The van der Waals surface area contributed by atoms with Crippen LogP contribution in [0.25, 0.3) is 0 Å². The first-order valence-corrected chi connectivity index (χ1v) is 6.09. The van der Waals surface area contributed by atoms with E-state index in [9.17, 15) is 4.79 Å². The molecule has 0 aromatic heterocycles. The van der Waals surface area contributed by atoms with E-state index >= 15 is 0 Å². The van der Waals surface area contributed by atoms with Crippen molar-refractivity contribution in [1.29, 1.82) is 0 Å².